The lowest BCUT2D eigenvalue weighted by molar-refractivity contribution is 0.198. The number of imidazole rings is 2. The molecule has 0 saturated carbocycles. The Morgan fingerprint density at radius 1 is 1.14 bits per heavy atom. The lowest BCUT2D eigenvalue weighted by atomic mass is 10.2. The van der Waals surface area contributed by atoms with Crippen molar-refractivity contribution in [2.75, 3.05) is 13.2 Å². The Labute approximate surface area is 168 Å². The summed E-state index contributed by atoms with van der Waals surface area (Å²) in [6.45, 7) is 4.71. The molecule has 0 aliphatic rings. The first-order valence-corrected chi connectivity index (χ1v) is 10.6. The number of pyridine rings is 2. The number of sulfone groups is 1. The van der Waals surface area contributed by atoms with Gasteiger partial charge in [-0.15, -0.1) is 0 Å². The smallest absolute Gasteiger partial charge is 0.188 e. The van der Waals surface area contributed by atoms with Crippen molar-refractivity contribution in [1.29, 1.82) is 0 Å². The van der Waals surface area contributed by atoms with Crippen LogP contribution in [0.3, 0.4) is 0 Å². The van der Waals surface area contributed by atoms with E-state index in [1.807, 2.05) is 28.9 Å². The predicted octanol–water partition coefficient (Wildman–Crippen LogP) is 2.59. The molecule has 0 bridgehead atoms. The maximum Gasteiger partial charge on any atom is 0.188 e. The van der Waals surface area contributed by atoms with Gasteiger partial charge in [-0.05, 0) is 32.9 Å². The van der Waals surface area contributed by atoms with Crippen LogP contribution in [0.4, 0.5) is 0 Å². The van der Waals surface area contributed by atoms with E-state index >= 15 is 0 Å². The summed E-state index contributed by atoms with van der Waals surface area (Å²) < 4.78 is 34.6. The SMILES string of the molecule is CC(C)(C)S(=O)(=O)c1cn2c(-c3ccc4nccn4c3)cnc2cc1OCCO. The molecule has 4 heterocycles. The lowest BCUT2D eigenvalue weighted by Crippen LogP contribution is -2.28. The highest BCUT2D eigenvalue weighted by atomic mass is 32.2. The number of fused-ring (bicyclic) bond motifs is 2. The minimum Gasteiger partial charge on any atom is -0.490 e. The lowest BCUT2D eigenvalue weighted by Gasteiger charge is -2.21. The molecule has 0 aromatic carbocycles. The van der Waals surface area contributed by atoms with Crippen molar-refractivity contribution < 1.29 is 18.3 Å². The van der Waals surface area contributed by atoms with Gasteiger partial charge in [0.2, 0.25) is 0 Å². The summed E-state index contributed by atoms with van der Waals surface area (Å²) in [5.41, 5.74) is 2.98. The van der Waals surface area contributed by atoms with Gasteiger partial charge in [-0.25, -0.2) is 18.4 Å². The van der Waals surface area contributed by atoms with Gasteiger partial charge in [0, 0.05) is 36.4 Å². The minimum atomic E-state index is -3.70. The summed E-state index contributed by atoms with van der Waals surface area (Å²) in [5, 5.41) is 9.11. The Hall–Kier alpha value is -2.91. The Morgan fingerprint density at radius 3 is 2.66 bits per heavy atom. The molecule has 1 N–H and O–H groups in total. The molecular formula is C20H22N4O4S. The summed E-state index contributed by atoms with van der Waals surface area (Å²) in [7, 11) is -3.70. The van der Waals surface area contributed by atoms with Crippen molar-refractivity contribution in [3.63, 3.8) is 0 Å². The van der Waals surface area contributed by atoms with E-state index in [0.29, 0.717) is 5.65 Å². The van der Waals surface area contributed by atoms with Crippen LogP contribution in [0.25, 0.3) is 22.6 Å². The highest BCUT2D eigenvalue weighted by Crippen LogP contribution is 2.34. The summed E-state index contributed by atoms with van der Waals surface area (Å²) in [6, 6.07) is 5.40. The first-order valence-electron chi connectivity index (χ1n) is 9.15. The third-order valence-electron chi connectivity index (χ3n) is 4.70. The summed E-state index contributed by atoms with van der Waals surface area (Å²) in [5.74, 6) is 0.184. The molecule has 29 heavy (non-hydrogen) atoms. The Bertz CT molecular complexity index is 1300. The molecule has 0 fully saturated rings. The third-order valence-corrected chi connectivity index (χ3v) is 7.20. The monoisotopic (exact) mass is 414 g/mol. The van der Waals surface area contributed by atoms with E-state index in [1.54, 1.807) is 49.8 Å². The maximum atomic E-state index is 13.2. The largest absolute Gasteiger partial charge is 0.490 e. The molecule has 0 aliphatic heterocycles. The van der Waals surface area contributed by atoms with E-state index in [9.17, 15) is 8.42 Å². The van der Waals surface area contributed by atoms with E-state index in [1.165, 1.54) is 0 Å². The Kier molecular flexibility index (Phi) is 4.59. The zero-order valence-corrected chi connectivity index (χ0v) is 17.2. The van der Waals surface area contributed by atoms with Gasteiger partial charge in [0.1, 0.15) is 28.5 Å². The normalized spacial score (nSPS) is 12.7. The highest BCUT2D eigenvalue weighted by molar-refractivity contribution is 7.92. The summed E-state index contributed by atoms with van der Waals surface area (Å²) in [6.07, 6.45) is 8.71. The van der Waals surface area contributed by atoms with Crippen LogP contribution in [-0.4, -0.2) is 50.3 Å². The van der Waals surface area contributed by atoms with Gasteiger partial charge in [0.05, 0.1) is 23.2 Å². The van der Waals surface area contributed by atoms with Crippen LogP contribution in [0.1, 0.15) is 20.8 Å². The summed E-state index contributed by atoms with van der Waals surface area (Å²) in [4.78, 5) is 8.72. The number of hydrogen-bond donors (Lipinski definition) is 1. The summed E-state index contributed by atoms with van der Waals surface area (Å²) >= 11 is 0. The van der Waals surface area contributed by atoms with Crippen LogP contribution < -0.4 is 4.74 Å². The van der Waals surface area contributed by atoms with E-state index in [4.69, 9.17) is 9.84 Å². The molecule has 4 aromatic rings. The average Bonchev–Trinajstić information content (AvgIpc) is 3.30. The van der Waals surface area contributed by atoms with Gasteiger partial charge >= 0.3 is 0 Å². The molecule has 152 valence electrons. The van der Waals surface area contributed by atoms with Crippen molar-refractivity contribution >= 4 is 21.1 Å². The third kappa shape index (κ3) is 3.26. The van der Waals surface area contributed by atoms with Crippen LogP contribution in [0.2, 0.25) is 0 Å². The van der Waals surface area contributed by atoms with Crippen LogP contribution in [0.15, 0.2) is 54.1 Å². The number of hydrogen-bond acceptors (Lipinski definition) is 6. The van der Waals surface area contributed by atoms with Gasteiger partial charge in [-0.2, -0.15) is 0 Å². The molecule has 4 rings (SSSR count). The predicted molar refractivity (Wildman–Crippen MR) is 109 cm³/mol. The molecule has 0 atom stereocenters. The van der Waals surface area contributed by atoms with Crippen molar-refractivity contribution in [1.82, 2.24) is 18.8 Å². The van der Waals surface area contributed by atoms with E-state index in [2.05, 4.69) is 9.97 Å². The standard InChI is InChI=1S/C20H22N4O4S/c1-20(2,3)29(26,27)17-13-24-15(11-22-19(24)10-16(17)28-9-8-25)14-4-5-18-21-6-7-23(18)12-14/h4-7,10-13,25H,8-9H2,1-3H3. The van der Waals surface area contributed by atoms with Crippen LogP contribution >= 0.6 is 0 Å². The quantitative estimate of drug-likeness (QED) is 0.539. The Balaban J connectivity index is 1.94. The molecule has 0 spiro atoms. The molecule has 0 amide bonds. The second-order valence-electron chi connectivity index (χ2n) is 7.67. The first-order chi connectivity index (χ1) is 13.7. The van der Waals surface area contributed by atoms with Gasteiger partial charge in [0.25, 0.3) is 0 Å². The molecule has 0 saturated heterocycles. The van der Waals surface area contributed by atoms with Crippen molar-refractivity contribution in [3.8, 4) is 17.0 Å². The van der Waals surface area contributed by atoms with Crippen LogP contribution in [0, 0.1) is 0 Å². The number of aliphatic hydroxyl groups is 1. The second kappa shape index (κ2) is 6.85. The van der Waals surface area contributed by atoms with Crippen molar-refractivity contribution in [2.45, 2.75) is 30.4 Å². The molecule has 0 unspecified atom stereocenters. The van der Waals surface area contributed by atoms with Crippen molar-refractivity contribution in [2.24, 2.45) is 0 Å². The number of nitrogens with zero attached hydrogens (tertiary/aromatic N) is 4. The van der Waals surface area contributed by atoms with Crippen molar-refractivity contribution in [3.05, 3.63) is 49.2 Å². The zero-order valence-electron chi connectivity index (χ0n) is 16.4. The number of rotatable bonds is 5. The van der Waals surface area contributed by atoms with Crippen LogP contribution in [0.5, 0.6) is 5.75 Å². The zero-order chi connectivity index (χ0) is 20.8. The molecule has 4 aromatic heterocycles. The first kappa shape index (κ1) is 19.4. The average molecular weight is 414 g/mol. The topological polar surface area (TPSA) is 98.2 Å². The maximum absolute atomic E-state index is 13.2. The minimum absolute atomic E-state index is 0.00625. The van der Waals surface area contributed by atoms with E-state index in [0.717, 1.165) is 16.9 Å². The van der Waals surface area contributed by atoms with Gasteiger partial charge in [-0.3, -0.25) is 4.40 Å². The molecule has 0 aliphatic carbocycles. The Morgan fingerprint density at radius 2 is 1.93 bits per heavy atom. The van der Waals surface area contributed by atoms with Gasteiger partial charge < -0.3 is 14.2 Å². The molecule has 0 radical (unpaired) electrons. The number of aliphatic hydroxyl groups excluding tert-OH is 1. The van der Waals surface area contributed by atoms with Gasteiger partial charge in [0.15, 0.2) is 9.84 Å². The van der Waals surface area contributed by atoms with E-state index in [-0.39, 0.29) is 23.9 Å². The van der Waals surface area contributed by atoms with E-state index < -0.39 is 14.6 Å². The molecular weight excluding hydrogens is 392 g/mol. The fraction of sp³-hybridized carbons (Fsp3) is 0.300. The fourth-order valence-corrected chi connectivity index (χ4v) is 4.36. The van der Waals surface area contributed by atoms with Gasteiger partial charge in [-0.1, -0.05) is 0 Å². The second-order valence-corrected chi connectivity index (χ2v) is 10.3. The molecule has 9 heteroatoms. The number of aromatic nitrogens is 4. The van der Waals surface area contributed by atoms with Crippen LogP contribution in [-0.2, 0) is 9.84 Å². The molecule has 8 nitrogen and oxygen atoms in total. The number of ether oxygens (including phenoxy) is 1. The highest BCUT2D eigenvalue weighted by Gasteiger charge is 2.34. The fourth-order valence-electron chi connectivity index (χ4n) is 3.07.